The summed E-state index contributed by atoms with van der Waals surface area (Å²) in [7, 11) is 0. The molecule has 3 heteroatoms. The third kappa shape index (κ3) is 4.08. The molecule has 1 aliphatic rings. The summed E-state index contributed by atoms with van der Waals surface area (Å²) in [6, 6.07) is 2.93. The van der Waals surface area contributed by atoms with Gasteiger partial charge in [-0.05, 0) is 55.8 Å². The largest absolute Gasteiger partial charge is 0.309 e. The Balaban J connectivity index is 1.69. The fourth-order valence-corrected chi connectivity index (χ4v) is 3.52. The number of thiophene rings is 1. The van der Waals surface area contributed by atoms with Crippen LogP contribution in [-0.2, 0) is 6.54 Å². The van der Waals surface area contributed by atoms with Crippen LogP contribution in [-0.4, -0.2) is 30.6 Å². The van der Waals surface area contributed by atoms with Crippen molar-refractivity contribution in [3.05, 3.63) is 21.9 Å². The van der Waals surface area contributed by atoms with E-state index in [0.717, 1.165) is 18.5 Å². The molecule has 2 heterocycles. The number of aryl methyl sites for hydroxylation is 1. The molecule has 1 aromatic heterocycles. The van der Waals surface area contributed by atoms with E-state index in [1.165, 1.54) is 42.9 Å². The first-order valence-corrected chi connectivity index (χ1v) is 8.02. The fraction of sp³-hybridized carbons (Fsp3) is 0.733. The predicted molar refractivity (Wildman–Crippen MR) is 80.2 cm³/mol. The first kappa shape index (κ1) is 14.0. The highest BCUT2D eigenvalue weighted by atomic mass is 32.1. The number of piperidine rings is 1. The molecule has 18 heavy (non-hydrogen) atoms. The number of hydrogen-bond acceptors (Lipinski definition) is 3. The average molecular weight is 266 g/mol. The lowest BCUT2D eigenvalue weighted by Gasteiger charge is -2.33. The van der Waals surface area contributed by atoms with E-state index in [9.17, 15) is 0 Å². The van der Waals surface area contributed by atoms with Crippen LogP contribution >= 0.6 is 11.3 Å². The molecule has 0 atom stereocenters. The first-order chi connectivity index (χ1) is 8.65. The van der Waals surface area contributed by atoms with Crippen LogP contribution in [0.2, 0.25) is 0 Å². The maximum atomic E-state index is 3.72. The van der Waals surface area contributed by atoms with Gasteiger partial charge >= 0.3 is 0 Å². The van der Waals surface area contributed by atoms with Gasteiger partial charge in [-0.1, -0.05) is 13.8 Å². The van der Waals surface area contributed by atoms with Crippen LogP contribution in [0.4, 0.5) is 0 Å². The van der Waals surface area contributed by atoms with Gasteiger partial charge in [0.15, 0.2) is 0 Å². The van der Waals surface area contributed by atoms with Crippen molar-refractivity contribution in [1.82, 2.24) is 10.2 Å². The van der Waals surface area contributed by atoms with Gasteiger partial charge in [-0.2, -0.15) is 0 Å². The van der Waals surface area contributed by atoms with Gasteiger partial charge in [0.2, 0.25) is 0 Å². The monoisotopic (exact) mass is 266 g/mol. The molecule has 0 bridgehead atoms. The van der Waals surface area contributed by atoms with Gasteiger partial charge in [-0.25, -0.2) is 0 Å². The Morgan fingerprint density at radius 2 is 2.11 bits per heavy atom. The Morgan fingerprint density at radius 3 is 2.67 bits per heavy atom. The van der Waals surface area contributed by atoms with Gasteiger partial charge in [-0.3, -0.25) is 0 Å². The summed E-state index contributed by atoms with van der Waals surface area (Å²) in [5.41, 5.74) is 1.43. The summed E-state index contributed by atoms with van der Waals surface area (Å²) in [5, 5.41) is 5.91. The third-order valence-electron chi connectivity index (χ3n) is 3.73. The van der Waals surface area contributed by atoms with E-state index in [0.29, 0.717) is 0 Å². The van der Waals surface area contributed by atoms with Crippen LogP contribution in [0.25, 0.3) is 0 Å². The second-order valence-electron chi connectivity index (χ2n) is 5.88. The standard InChI is InChI=1S/C15H26N2S/c1-12(2)11-17-7-4-14(5-8-17)16-10-15-13(3)6-9-18-15/h6,9,12,14,16H,4-5,7-8,10-11H2,1-3H3. The van der Waals surface area contributed by atoms with Crippen LogP contribution < -0.4 is 5.32 Å². The topological polar surface area (TPSA) is 15.3 Å². The van der Waals surface area contributed by atoms with E-state index in [-0.39, 0.29) is 0 Å². The minimum absolute atomic E-state index is 0.718. The van der Waals surface area contributed by atoms with E-state index in [1.807, 2.05) is 11.3 Å². The van der Waals surface area contributed by atoms with Gasteiger partial charge in [0.25, 0.3) is 0 Å². The summed E-state index contributed by atoms with van der Waals surface area (Å²) >= 11 is 1.87. The molecule has 0 aliphatic carbocycles. The Morgan fingerprint density at radius 1 is 1.39 bits per heavy atom. The van der Waals surface area contributed by atoms with Crippen molar-refractivity contribution in [3.63, 3.8) is 0 Å². The van der Waals surface area contributed by atoms with Crippen molar-refractivity contribution in [2.24, 2.45) is 5.92 Å². The molecule has 0 amide bonds. The molecule has 0 unspecified atom stereocenters. The normalized spacial score (nSPS) is 18.7. The van der Waals surface area contributed by atoms with Gasteiger partial charge in [0.1, 0.15) is 0 Å². The summed E-state index contributed by atoms with van der Waals surface area (Å²) in [5.74, 6) is 0.795. The molecule has 0 spiro atoms. The molecule has 0 saturated carbocycles. The molecular formula is C15H26N2S. The highest BCUT2D eigenvalue weighted by Gasteiger charge is 2.19. The molecule has 1 aromatic rings. The molecule has 1 N–H and O–H groups in total. The molecular weight excluding hydrogens is 240 g/mol. The highest BCUT2D eigenvalue weighted by Crippen LogP contribution is 2.17. The molecule has 1 saturated heterocycles. The van der Waals surface area contributed by atoms with Crippen molar-refractivity contribution in [2.75, 3.05) is 19.6 Å². The zero-order chi connectivity index (χ0) is 13.0. The van der Waals surface area contributed by atoms with Gasteiger partial charge in [0, 0.05) is 24.0 Å². The van der Waals surface area contributed by atoms with Crippen molar-refractivity contribution >= 4 is 11.3 Å². The Kier molecular flexibility index (Phi) is 5.22. The molecule has 0 radical (unpaired) electrons. The van der Waals surface area contributed by atoms with Crippen LogP contribution in [0.15, 0.2) is 11.4 Å². The molecule has 2 rings (SSSR count). The van der Waals surface area contributed by atoms with Gasteiger partial charge in [-0.15, -0.1) is 11.3 Å². The van der Waals surface area contributed by atoms with Crippen molar-refractivity contribution in [1.29, 1.82) is 0 Å². The zero-order valence-electron chi connectivity index (χ0n) is 11.9. The Labute approximate surface area is 115 Å². The minimum atomic E-state index is 0.718. The minimum Gasteiger partial charge on any atom is -0.309 e. The second kappa shape index (κ2) is 6.69. The van der Waals surface area contributed by atoms with Gasteiger partial charge in [0.05, 0.1) is 0 Å². The van der Waals surface area contributed by atoms with Crippen molar-refractivity contribution < 1.29 is 0 Å². The predicted octanol–water partition coefficient (Wildman–Crippen LogP) is 3.27. The van der Waals surface area contributed by atoms with Crippen LogP contribution in [0.5, 0.6) is 0 Å². The number of rotatable bonds is 5. The Hall–Kier alpha value is -0.380. The first-order valence-electron chi connectivity index (χ1n) is 7.14. The van der Waals surface area contributed by atoms with Crippen LogP contribution in [0.3, 0.4) is 0 Å². The second-order valence-corrected chi connectivity index (χ2v) is 6.88. The SMILES string of the molecule is Cc1ccsc1CNC1CCN(CC(C)C)CC1. The van der Waals surface area contributed by atoms with Crippen LogP contribution in [0.1, 0.15) is 37.1 Å². The Bertz CT molecular complexity index is 351. The lowest BCUT2D eigenvalue weighted by molar-refractivity contribution is 0.179. The summed E-state index contributed by atoms with van der Waals surface area (Å²) in [6.07, 6.45) is 2.61. The summed E-state index contributed by atoms with van der Waals surface area (Å²) < 4.78 is 0. The quantitative estimate of drug-likeness (QED) is 0.880. The summed E-state index contributed by atoms with van der Waals surface area (Å²) in [6.45, 7) is 11.7. The number of nitrogens with one attached hydrogen (secondary N) is 1. The zero-order valence-corrected chi connectivity index (χ0v) is 12.7. The molecule has 0 aromatic carbocycles. The van der Waals surface area contributed by atoms with E-state index in [1.54, 1.807) is 0 Å². The smallest absolute Gasteiger partial charge is 0.0304 e. The van der Waals surface area contributed by atoms with E-state index < -0.39 is 0 Å². The maximum Gasteiger partial charge on any atom is 0.0304 e. The maximum absolute atomic E-state index is 3.72. The summed E-state index contributed by atoms with van der Waals surface area (Å²) in [4.78, 5) is 4.11. The van der Waals surface area contributed by atoms with E-state index in [2.05, 4.69) is 42.4 Å². The molecule has 102 valence electrons. The highest BCUT2D eigenvalue weighted by molar-refractivity contribution is 7.10. The third-order valence-corrected chi connectivity index (χ3v) is 4.75. The molecule has 2 nitrogen and oxygen atoms in total. The fourth-order valence-electron chi connectivity index (χ4n) is 2.66. The average Bonchev–Trinajstić information content (AvgIpc) is 2.73. The molecule has 1 aliphatic heterocycles. The van der Waals surface area contributed by atoms with Crippen LogP contribution in [0, 0.1) is 12.8 Å². The lowest BCUT2D eigenvalue weighted by Crippen LogP contribution is -2.43. The van der Waals surface area contributed by atoms with E-state index >= 15 is 0 Å². The van der Waals surface area contributed by atoms with E-state index in [4.69, 9.17) is 0 Å². The number of likely N-dealkylation sites (tertiary alicyclic amines) is 1. The van der Waals surface area contributed by atoms with Crippen molar-refractivity contribution in [3.8, 4) is 0 Å². The number of hydrogen-bond donors (Lipinski definition) is 1. The molecule has 1 fully saturated rings. The lowest BCUT2D eigenvalue weighted by atomic mass is 10.0. The van der Waals surface area contributed by atoms with Gasteiger partial charge < -0.3 is 10.2 Å². The van der Waals surface area contributed by atoms with Crippen molar-refractivity contribution in [2.45, 2.75) is 46.2 Å². The number of nitrogens with zero attached hydrogens (tertiary/aromatic N) is 1.